The number of hydrogen-bond donors (Lipinski definition) is 0. The van der Waals surface area contributed by atoms with Crippen molar-refractivity contribution in [1.29, 1.82) is 0 Å². The van der Waals surface area contributed by atoms with E-state index in [4.69, 9.17) is 9.47 Å². The Morgan fingerprint density at radius 1 is 0.947 bits per heavy atom. The highest BCUT2D eigenvalue weighted by atomic mass is 79.9. The SMILES string of the molecule is COCOc1ccccc1C=Cc1ccccc1Br. The Bertz CT molecular complexity index is 564. The van der Waals surface area contributed by atoms with E-state index >= 15 is 0 Å². The first kappa shape index (κ1) is 13.8. The first-order valence-corrected chi connectivity index (χ1v) is 6.74. The zero-order valence-electron chi connectivity index (χ0n) is 10.7. The van der Waals surface area contributed by atoms with Crippen molar-refractivity contribution < 1.29 is 9.47 Å². The van der Waals surface area contributed by atoms with Crippen molar-refractivity contribution in [2.75, 3.05) is 13.9 Å². The second kappa shape index (κ2) is 7.12. The van der Waals surface area contributed by atoms with E-state index in [2.05, 4.69) is 28.1 Å². The molecule has 0 aliphatic carbocycles. The van der Waals surface area contributed by atoms with Crippen LogP contribution in [0.3, 0.4) is 0 Å². The Kier molecular flexibility index (Phi) is 5.19. The number of methoxy groups -OCH3 is 1. The van der Waals surface area contributed by atoms with Gasteiger partial charge in [0.05, 0.1) is 0 Å². The Labute approximate surface area is 121 Å². The number of rotatable bonds is 5. The quantitative estimate of drug-likeness (QED) is 0.592. The summed E-state index contributed by atoms with van der Waals surface area (Å²) in [5.74, 6) is 0.813. The molecule has 0 aliphatic heterocycles. The summed E-state index contributed by atoms with van der Waals surface area (Å²) in [6.45, 7) is 0.250. The first-order chi connectivity index (χ1) is 9.31. The van der Waals surface area contributed by atoms with Gasteiger partial charge >= 0.3 is 0 Å². The third-order valence-corrected chi connectivity index (χ3v) is 3.32. The minimum Gasteiger partial charge on any atom is -0.467 e. The van der Waals surface area contributed by atoms with Crippen LogP contribution in [-0.4, -0.2) is 13.9 Å². The van der Waals surface area contributed by atoms with E-state index in [0.717, 1.165) is 21.3 Å². The minimum absolute atomic E-state index is 0.250. The van der Waals surface area contributed by atoms with E-state index in [9.17, 15) is 0 Å². The van der Waals surface area contributed by atoms with Crippen LogP contribution in [0.2, 0.25) is 0 Å². The summed E-state index contributed by atoms with van der Waals surface area (Å²) < 4.78 is 11.5. The van der Waals surface area contributed by atoms with Gasteiger partial charge in [0.2, 0.25) is 0 Å². The number of hydrogen-bond acceptors (Lipinski definition) is 2. The predicted octanol–water partition coefficient (Wildman–Crippen LogP) is 4.60. The summed E-state index contributed by atoms with van der Waals surface area (Å²) in [6.07, 6.45) is 4.09. The molecule has 98 valence electrons. The van der Waals surface area contributed by atoms with Gasteiger partial charge < -0.3 is 9.47 Å². The van der Waals surface area contributed by atoms with Crippen molar-refractivity contribution in [3.63, 3.8) is 0 Å². The fraction of sp³-hybridized carbons (Fsp3) is 0.125. The molecule has 0 N–H and O–H groups in total. The maximum atomic E-state index is 5.52. The number of para-hydroxylation sites is 1. The van der Waals surface area contributed by atoms with Gasteiger partial charge in [-0.25, -0.2) is 0 Å². The van der Waals surface area contributed by atoms with Gasteiger partial charge in [0, 0.05) is 17.1 Å². The summed E-state index contributed by atoms with van der Waals surface area (Å²) in [5, 5.41) is 0. The Morgan fingerprint density at radius 3 is 2.32 bits per heavy atom. The molecule has 2 aromatic carbocycles. The standard InChI is InChI=1S/C16H15BrO2/c1-18-12-19-16-9-5-3-7-14(16)11-10-13-6-2-4-8-15(13)17/h2-11H,12H2,1H3. The van der Waals surface area contributed by atoms with E-state index in [1.807, 2.05) is 48.5 Å². The van der Waals surface area contributed by atoms with Gasteiger partial charge in [0.1, 0.15) is 5.75 Å². The maximum Gasteiger partial charge on any atom is 0.188 e. The number of halogens is 1. The summed E-state index contributed by atoms with van der Waals surface area (Å²) in [4.78, 5) is 0. The van der Waals surface area contributed by atoms with E-state index < -0.39 is 0 Å². The molecule has 3 heteroatoms. The highest BCUT2D eigenvalue weighted by molar-refractivity contribution is 9.10. The van der Waals surface area contributed by atoms with Gasteiger partial charge in [-0.1, -0.05) is 64.5 Å². The first-order valence-electron chi connectivity index (χ1n) is 5.94. The Morgan fingerprint density at radius 2 is 1.58 bits per heavy atom. The topological polar surface area (TPSA) is 18.5 Å². The average Bonchev–Trinajstić information content (AvgIpc) is 2.45. The molecule has 2 rings (SSSR count). The predicted molar refractivity (Wildman–Crippen MR) is 82.0 cm³/mol. The van der Waals surface area contributed by atoms with Crippen LogP contribution < -0.4 is 4.74 Å². The largest absolute Gasteiger partial charge is 0.467 e. The van der Waals surface area contributed by atoms with E-state index in [0.29, 0.717) is 0 Å². The summed E-state index contributed by atoms with van der Waals surface area (Å²) >= 11 is 3.53. The molecule has 19 heavy (non-hydrogen) atoms. The molecule has 2 nitrogen and oxygen atoms in total. The second-order valence-corrected chi connectivity index (χ2v) is 4.80. The average molecular weight is 319 g/mol. The zero-order chi connectivity index (χ0) is 13.5. The Balaban J connectivity index is 2.21. The third kappa shape index (κ3) is 3.94. The molecule has 0 unspecified atom stereocenters. The zero-order valence-corrected chi connectivity index (χ0v) is 12.3. The molecule has 0 bridgehead atoms. The lowest BCUT2D eigenvalue weighted by Crippen LogP contribution is -1.99. The van der Waals surface area contributed by atoms with Crippen LogP contribution in [0.1, 0.15) is 11.1 Å². The number of benzene rings is 2. The van der Waals surface area contributed by atoms with Gasteiger partial charge in [-0.15, -0.1) is 0 Å². The lowest BCUT2D eigenvalue weighted by atomic mass is 10.1. The second-order valence-electron chi connectivity index (χ2n) is 3.94. The van der Waals surface area contributed by atoms with Crippen LogP contribution in [0.25, 0.3) is 12.2 Å². The molecule has 0 heterocycles. The molecule has 0 saturated heterocycles. The van der Waals surface area contributed by atoms with Crippen molar-refractivity contribution in [1.82, 2.24) is 0 Å². The maximum absolute atomic E-state index is 5.52. The van der Waals surface area contributed by atoms with Gasteiger partial charge in [-0.2, -0.15) is 0 Å². The monoisotopic (exact) mass is 318 g/mol. The van der Waals surface area contributed by atoms with Crippen LogP contribution in [-0.2, 0) is 4.74 Å². The smallest absolute Gasteiger partial charge is 0.188 e. The minimum atomic E-state index is 0.250. The number of ether oxygens (including phenoxy) is 2. The van der Waals surface area contributed by atoms with Gasteiger partial charge in [-0.05, 0) is 17.7 Å². The van der Waals surface area contributed by atoms with Crippen molar-refractivity contribution >= 4 is 28.1 Å². The van der Waals surface area contributed by atoms with Gasteiger partial charge in [-0.3, -0.25) is 0 Å². The lowest BCUT2D eigenvalue weighted by Gasteiger charge is -2.07. The summed E-state index contributed by atoms with van der Waals surface area (Å²) in [7, 11) is 1.61. The lowest BCUT2D eigenvalue weighted by molar-refractivity contribution is 0.0510. The van der Waals surface area contributed by atoms with Crippen LogP contribution >= 0.6 is 15.9 Å². The summed E-state index contributed by atoms with van der Waals surface area (Å²) in [6, 6.07) is 16.0. The highest BCUT2D eigenvalue weighted by Gasteiger charge is 1.99. The molecule has 2 aromatic rings. The van der Waals surface area contributed by atoms with Crippen molar-refractivity contribution in [2.45, 2.75) is 0 Å². The highest BCUT2D eigenvalue weighted by Crippen LogP contribution is 2.23. The fourth-order valence-corrected chi connectivity index (χ4v) is 2.08. The van der Waals surface area contributed by atoms with Crippen LogP contribution in [0, 0.1) is 0 Å². The fourth-order valence-electron chi connectivity index (χ4n) is 1.66. The molecule has 0 aliphatic rings. The molecule has 0 atom stereocenters. The van der Waals surface area contributed by atoms with Gasteiger partial charge in [0.25, 0.3) is 0 Å². The molecule has 0 spiro atoms. The van der Waals surface area contributed by atoms with Crippen molar-refractivity contribution in [3.05, 3.63) is 64.1 Å². The molecule has 0 aromatic heterocycles. The van der Waals surface area contributed by atoms with Crippen LogP contribution in [0.5, 0.6) is 5.75 Å². The molecule has 0 fully saturated rings. The molecular weight excluding hydrogens is 304 g/mol. The van der Waals surface area contributed by atoms with Crippen molar-refractivity contribution in [2.24, 2.45) is 0 Å². The summed E-state index contributed by atoms with van der Waals surface area (Å²) in [5.41, 5.74) is 2.15. The van der Waals surface area contributed by atoms with Crippen LogP contribution in [0.15, 0.2) is 53.0 Å². The molecule has 0 saturated carbocycles. The normalized spacial score (nSPS) is 10.8. The van der Waals surface area contributed by atoms with Crippen molar-refractivity contribution in [3.8, 4) is 5.75 Å². The van der Waals surface area contributed by atoms with E-state index in [-0.39, 0.29) is 6.79 Å². The molecule has 0 radical (unpaired) electrons. The van der Waals surface area contributed by atoms with E-state index in [1.165, 1.54) is 0 Å². The van der Waals surface area contributed by atoms with Crippen LogP contribution in [0.4, 0.5) is 0 Å². The third-order valence-electron chi connectivity index (χ3n) is 2.60. The Hall–Kier alpha value is -1.58. The van der Waals surface area contributed by atoms with E-state index in [1.54, 1.807) is 7.11 Å². The molecular formula is C16H15BrO2. The van der Waals surface area contributed by atoms with Gasteiger partial charge in [0.15, 0.2) is 6.79 Å². The molecule has 0 amide bonds.